The summed E-state index contributed by atoms with van der Waals surface area (Å²) in [6, 6.07) is 16.4. The smallest absolute Gasteiger partial charge is 0.372 e. The van der Waals surface area contributed by atoms with E-state index in [2.05, 4.69) is 0 Å². The molecule has 0 amide bonds. The van der Waals surface area contributed by atoms with Gasteiger partial charge in [-0.05, 0) is 24.6 Å². The van der Waals surface area contributed by atoms with Crippen LogP contribution in [0.1, 0.15) is 18.5 Å². The first-order valence-electron chi connectivity index (χ1n) is 6.38. The number of hydrogen-bond donors (Lipinski definition) is 0. The van der Waals surface area contributed by atoms with Crippen LogP contribution in [0.4, 0.5) is 0 Å². The summed E-state index contributed by atoms with van der Waals surface area (Å²) in [7, 11) is 0. The average Bonchev–Trinajstić information content (AvgIpc) is 2.48. The highest BCUT2D eigenvalue weighted by atomic mass is 16.4. The molecule has 1 atom stereocenters. The highest BCUT2D eigenvalue weighted by Gasteiger charge is 2.15. The molecule has 1 heterocycles. The Balaban J connectivity index is 2.32. The summed E-state index contributed by atoms with van der Waals surface area (Å²) in [5, 5.41) is 0.412. The molecule has 0 saturated carbocycles. The Morgan fingerprint density at radius 1 is 0.950 bits per heavy atom. The van der Waals surface area contributed by atoms with Crippen molar-refractivity contribution in [3.8, 4) is 0 Å². The monoisotopic (exact) mass is 267 g/mol. The van der Waals surface area contributed by atoms with Crippen LogP contribution < -0.4 is 11.4 Å². The van der Waals surface area contributed by atoms with Gasteiger partial charge in [0.2, 0.25) is 0 Å². The van der Waals surface area contributed by atoms with Gasteiger partial charge in [-0.15, -0.1) is 0 Å². The van der Waals surface area contributed by atoms with Gasteiger partial charge < -0.3 is 4.42 Å². The summed E-state index contributed by atoms with van der Waals surface area (Å²) < 4.78 is 6.32. The van der Waals surface area contributed by atoms with Crippen molar-refractivity contribution in [2.75, 3.05) is 0 Å². The fourth-order valence-electron chi connectivity index (χ4n) is 2.39. The molecule has 3 rings (SSSR count). The summed E-state index contributed by atoms with van der Waals surface area (Å²) in [5.74, 6) is -0.634. The number of nitrogens with zero attached hydrogens (tertiary/aromatic N) is 1. The Morgan fingerprint density at radius 2 is 1.60 bits per heavy atom. The molecule has 1 unspecified atom stereocenters. The minimum Gasteiger partial charge on any atom is -0.372 e. The van der Waals surface area contributed by atoms with Gasteiger partial charge in [-0.1, -0.05) is 42.5 Å². The molecule has 3 aromatic rings. The van der Waals surface area contributed by atoms with E-state index in [1.807, 2.05) is 37.3 Å². The summed E-state index contributed by atoms with van der Waals surface area (Å²) in [6.45, 7) is 1.91. The lowest BCUT2D eigenvalue weighted by Gasteiger charge is -2.16. The second-order valence-electron chi connectivity index (χ2n) is 4.63. The molecule has 4 nitrogen and oxygen atoms in total. The highest BCUT2D eigenvalue weighted by Crippen LogP contribution is 2.19. The number of hydrogen-bond acceptors (Lipinski definition) is 3. The third-order valence-electron chi connectivity index (χ3n) is 3.43. The number of rotatable bonds is 2. The standard InChI is InChI=1S/C16H13NO3/c1-11(12-7-3-2-4-8-12)17-14-10-6-5-9-13(14)15(18)20-16(17)19/h2-11H,1H3. The average molecular weight is 267 g/mol. The van der Waals surface area contributed by atoms with Crippen LogP contribution in [-0.4, -0.2) is 4.57 Å². The number of aromatic nitrogens is 1. The molecule has 100 valence electrons. The van der Waals surface area contributed by atoms with Gasteiger partial charge in [0, 0.05) is 0 Å². The van der Waals surface area contributed by atoms with Crippen molar-refractivity contribution in [1.82, 2.24) is 4.57 Å². The Hall–Kier alpha value is -2.62. The van der Waals surface area contributed by atoms with Crippen LogP contribution in [0.5, 0.6) is 0 Å². The lowest BCUT2D eigenvalue weighted by molar-refractivity contribution is 0.406. The molecule has 0 aliphatic carbocycles. The van der Waals surface area contributed by atoms with Gasteiger partial charge in [-0.2, -0.15) is 0 Å². The van der Waals surface area contributed by atoms with Crippen molar-refractivity contribution < 1.29 is 4.42 Å². The third-order valence-corrected chi connectivity index (χ3v) is 3.43. The SMILES string of the molecule is CC(c1ccccc1)n1c(=O)oc(=O)c2ccccc21. The zero-order chi connectivity index (χ0) is 14.1. The zero-order valence-corrected chi connectivity index (χ0v) is 10.9. The maximum Gasteiger partial charge on any atom is 0.422 e. The normalized spacial score (nSPS) is 12.4. The molecule has 0 bridgehead atoms. The molecular weight excluding hydrogens is 254 g/mol. The maximum atomic E-state index is 12.1. The summed E-state index contributed by atoms with van der Waals surface area (Å²) in [5.41, 5.74) is 0.973. The Labute approximate surface area is 114 Å². The lowest BCUT2D eigenvalue weighted by atomic mass is 10.1. The van der Waals surface area contributed by atoms with E-state index in [-0.39, 0.29) is 6.04 Å². The molecule has 0 N–H and O–H groups in total. The van der Waals surface area contributed by atoms with Crippen molar-refractivity contribution in [3.05, 3.63) is 81.1 Å². The number of fused-ring (bicyclic) bond motifs is 1. The zero-order valence-electron chi connectivity index (χ0n) is 10.9. The largest absolute Gasteiger partial charge is 0.422 e. The fraction of sp³-hybridized carbons (Fsp3) is 0.125. The van der Waals surface area contributed by atoms with Crippen LogP contribution >= 0.6 is 0 Å². The van der Waals surface area contributed by atoms with E-state index in [9.17, 15) is 9.59 Å². The van der Waals surface area contributed by atoms with Crippen molar-refractivity contribution in [2.45, 2.75) is 13.0 Å². The van der Waals surface area contributed by atoms with Gasteiger partial charge in [-0.25, -0.2) is 9.59 Å². The lowest BCUT2D eigenvalue weighted by Crippen LogP contribution is -2.27. The van der Waals surface area contributed by atoms with Crippen molar-refractivity contribution in [3.63, 3.8) is 0 Å². The number of benzene rings is 2. The van der Waals surface area contributed by atoms with E-state index in [1.165, 1.54) is 4.57 Å². The first kappa shape index (κ1) is 12.4. The first-order valence-corrected chi connectivity index (χ1v) is 6.38. The Bertz CT molecular complexity index is 862. The molecule has 0 aliphatic rings. The van der Waals surface area contributed by atoms with Gasteiger partial charge in [0.1, 0.15) is 0 Å². The molecular formula is C16H13NO3. The topological polar surface area (TPSA) is 52.2 Å². The molecule has 20 heavy (non-hydrogen) atoms. The fourth-order valence-corrected chi connectivity index (χ4v) is 2.39. The van der Waals surface area contributed by atoms with Gasteiger partial charge in [0.05, 0.1) is 16.9 Å². The van der Waals surface area contributed by atoms with Crippen molar-refractivity contribution in [1.29, 1.82) is 0 Å². The molecule has 2 aromatic carbocycles. The van der Waals surface area contributed by atoms with E-state index < -0.39 is 11.4 Å². The van der Waals surface area contributed by atoms with Crippen LogP contribution in [0.2, 0.25) is 0 Å². The highest BCUT2D eigenvalue weighted by molar-refractivity contribution is 5.77. The molecule has 0 saturated heterocycles. The second kappa shape index (κ2) is 4.81. The summed E-state index contributed by atoms with van der Waals surface area (Å²) >= 11 is 0. The molecule has 1 aromatic heterocycles. The molecule has 0 spiro atoms. The van der Waals surface area contributed by atoms with Crippen LogP contribution in [0.15, 0.2) is 68.6 Å². The quantitative estimate of drug-likeness (QED) is 0.717. The predicted molar refractivity (Wildman–Crippen MR) is 77.0 cm³/mol. The molecule has 0 aliphatic heterocycles. The van der Waals surface area contributed by atoms with E-state index in [1.54, 1.807) is 24.3 Å². The summed E-state index contributed by atoms with van der Waals surface area (Å²) in [4.78, 5) is 23.8. The van der Waals surface area contributed by atoms with Crippen molar-refractivity contribution >= 4 is 10.9 Å². The molecule has 0 fully saturated rings. The van der Waals surface area contributed by atoms with Gasteiger partial charge in [-0.3, -0.25) is 4.57 Å². The third kappa shape index (κ3) is 1.95. The maximum absolute atomic E-state index is 12.1. The van der Waals surface area contributed by atoms with Gasteiger partial charge >= 0.3 is 11.4 Å². The first-order chi connectivity index (χ1) is 9.68. The van der Waals surface area contributed by atoms with Crippen molar-refractivity contribution in [2.24, 2.45) is 0 Å². The second-order valence-corrected chi connectivity index (χ2v) is 4.63. The minimum atomic E-state index is -0.634. The molecule has 0 radical (unpaired) electrons. The predicted octanol–water partition coefficient (Wildman–Crippen LogP) is 2.56. The van der Waals surface area contributed by atoms with E-state index in [0.717, 1.165) is 5.56 Å². The van der Waals surface area contributed by atoms with Crippen LogP contribution in [-0.2, 0) is 0 Å². The Morgan fingerprint density at radius 3 is 2.35 bits per heavy atom. The van der Waals surface area contributed by atoms with E-state index in [4.69, 9.17) is 4.42 Å². The van der Waals surface area contributed by atoms with E-state index >= 15 is 0 Å². The van der Waals surface area contributed by atoms with E-state index in [0.29, 0.717) is 10.9 Å². The minimum absolute atomic E-state index is 0.210. The summed E-state index contributed by atoms with van der Waals surface area (Å²) in [6.07, 6.45) is 0. The van der Waals surface area contributed by atoms with Crippen LogP contribution in [0.25, 0.3) is 10.9 Å². The van der Waals surface area contributed by atoms with Crippen LogP contribution in [0.3, 0.4) is 0 Å². The van der Waals surface area contributed by atoms with Gasteiger partial charge in [0.25, 0.3) is 0 Å². The van der Waals surface area contributed by atoms with Crippen LogP contribution in [0, 0.1) is 0 Å². The molecule has 4 heteroatoms. The van der Waals surface area contributed by atoms with Gasteiger partial charge in [0.15, 0.2) is 0 Å². The Kier molecular flexibility index (Phi) is 2.99. The number of para-hydroxylation sites is 1.